The van der Waals surface area contributed by atoms with Gasteiger partial charge in [-0.3, -0.25) is 4.90 Å². The number of halogens is 1. The zero-order chi connectivity index (χ0) is 22.7. The van der Waals surface area contributed by atoms with Crippen LogP contribution in [0.2, 0.25) is 0 Å². The van der Waals surface area contributed by atoms with E-state index in [0.717, 1.165) is 36.6 Å². The summed E-state index contributed by atoms with van der Waals surface area (Å²) in [5, 5.41) is 5.23. The van der Waals surface area contributed by atoms with Gasteiger partial charge in [-0.05, 0) is 49.7 Å². The van der Waals surface area contributed by atoms with Gasteiger partial charge in [-0.15, -0.1) is 0 Å². The van der Waals surface area contributed by atoms with E-state index in [1.54, 1.807) is 20.3 Å². The molecule has 0 aliphatic carbocycles. The highest BCUT2D eigenvalue weighted by Crippen LogP contribution is 2.48. The number of furan rings is 1. The van der Waals surface area contributed by atoms with Crippen molar-refractivity contribution in [3.05, 3.63) is 59.6 Å². The first-order valence-electron chi connectivity index (χ1n) is 11.2. The molecule has 4 heterocycles. The van der Waals surface area contributed by atoms with E-state index in [0.29, 0.717) is 41.1 Å². The lowest BCUT2D eigenvalue weighted by Gasteiger charge is -2.41. The first-order chi connectivity index (χ1) is 16.0. The maximum absolute atomic E-state index is 13.8. The van der Waals surface area contributed by atoms with Crippen LogP contribution < -0.4 is 9.47 Å². The van der Waals surface area contributed by atoms with Crippen LogP contribution in [-0.2, 0) is 11.4 Å². The molecule has 6 rings (SSSR count). The van der Waals surface area contributed by atoms with E-state index in [4.69, 9.17) is 18.7 Å². The van der Waals surface area contributed by atoms with Gasteiger partial charge in [0.25, 0.3) is 0 Å². The van der Waals surface area contributed by atoms with Gasteiger partial charge in [0.1, 0.15) is 22.9 Å². The Morgan fingerprint density at radius 1 is 1.15 bits per heavy atom. The largest absolute Gasteiger partial charge is 0.497 e. The third kappa shape index (κ3) is 3.08. The van der Waals surface area contributed by atoms with Crippen LogP contribution in [0.5, 0.6) is 11.5 Å². The van der Waals surface area contributed by atoms with E-state index in [-0.39, 0.29) is 5.82 Å². The molecule has 0 N–H and O–H groups in total. The molecule has 0 amide bonds. The highest BCUT2D eigenvalue weighted by molar-refractivity contribution is 6.00. The van der Waals surface area contributed by atoms with E-state index in [2.05, 4.69) is 21.9 Å². The molecule has 2 aromatic carbocycles. The lowest BCUT2D eigenvalue weighted by molar-refractivity contribution is -0.135. The first kappa shape index (κ1) is 20.4. The summed E-state index contributed by atoms with van der Waals surface area (Å²) >= 11 is 0. The molecule has 4 atom stereocenters. The second-order valence-electron chi connectivity index (χ2n) is 9.12. The number of oxime groups is 1. The number of amidine groups is 1. The van der Waals surface area contributed by atoms with Crippen molar-refractivity contribution in [2.75, 3.05) is 27.3 Å². The summed E-state index contributed by atoms with van der Waals surface area (Å²) in [4.78, 5) is 10.9. The molecule has 33 heavy (non-hydrogen) atoms. The Balaban J connectivity index is 1.42. The van der Waals surface area contributed by atoms with E-state index in [1.807, 2.05) is 24.3 Å². The van der Waals surface area contributed by atoms with Crippen molar-refractivity contribution in [2.45, 2.75) is 31.7 Å². The Morgan fingerprint density at radius 3 is 2.76 bits per heavy atom. The maximum Gasteiger partial charge on any atom is 0.228 e. The summed E-state index contributed by atoms with van der Waals surface area (Å²) in [7, 11) is 3.29. The van der Waals surface area contributed by atoms with Gasteiger partial charge in [-0.1, -0.05) is 5.16 Å². The van der Waals surface area contributed by atoms with Gasteiger partial charge in [0.05, 0.1) is 27.3 Å². The number of benzene rings is 2. The number of hydrogen-bond donors (Lipinski definition) is 0. The van der Waals surface area contributed by atoms with Crippen LogP contribution in [0, 0.1) is 11.7 Å². The van der Waals surface area contributed by atoms with Gasteiger partial charge in [-0.2, -0.15) is 0 Å². The molecule has 7 nitrogen and oxygen atoms in total. The lowest BCUT2D eigenvalue weighted by Crippen LogP contribution is -2.57. The van der Waals surface area contributed by atoms with Crippen LogP contribution in [-0.4, -0.2) is 54.7 Å². The molecule has 1 spiro atoms. The molecule has 2 fully saturated rings. The molecule has 3 aliphatic rings. The third-order valence-electron chi connectivity index (χ3n) is 7.30. The number of methoxy groups -OCH3 is 2. The fraction of sp³-hybridized carbons (Fsp3) is 0.400. The smallest absolute Gasteiger partial charge is 0.228 e. The van der Waals surface area contributed by atoms with Crippen molar-refractivity contribution >= 4 is 16.8 Å². The number of ether oxygens (including phenoxy) is 2. The Morgan fingerprint density at radius 2 is 2.03 bits per heavy atom. The van der Waals surface area contributed by atoms with Gasteiger partial charge < -0.3 is 23.6 Å². The molecule has 8 heteroatoms. The molecule has 4 unspecified atom stereocenters. The molecule has 0 saturated carbocycles. The van der Waals surface area contributed by atoms with E-state index >= 15 is 0 Å². The van der Waals surface area contributed by atoms with Crippen LogP contribution in [0.3, 0.4) is 0 Å². The van der Waals surface area contributed by atoms with E-state index < -0.39 is 5.72 Å². The topological polar surface area (TPSA) is 59.7 Å². The Bertz CT molecular complexity index is 1260. The summed E-state index contributed by atoms with van der Waals surface area (Å²) < 4.78 is 30.9. The van der Waals surface area contributed by atoms with Crippen LogP contribution in [0.15, 0.2) is 52.0 Å². The van der Waals surface area contributed by atoms with Crippen LogP contribution in [0.4, 0.5) is 4.39 Å². The summed E-state index contributed by atoms with van der Waals surface area (Å²) in [5.74, 6) is 2.66. The predicted molar refractivity (Wildman–Crippen MR) is 121 cm³/mol. The zero-order valence-corrected chi connectivity index (χ0v) is 18.9. The Labute approximate surface area is 191 Å². The van der Waals surface area contributed by atoms with Crippen molar-refractivity contribution in [1.29, 1.82) is 0 Å². The number of rotatable bonds is 5. The monoisotopic (exact) mass is 451 g/mol. The van der Waals surface area contributed by atoms with Gasteiger partial charge >= 0.3 is 0 Å². The van der Waals surface area contributed by atoms with E-state index in [9.17, 15) is 4.39 Å². The van der Waals surface area contributed by atoms with Crippen molar-refractivity contribution in [3.8, 4) is 11.5 Å². The molecular formula is C25H26FN3O4. The maximum atomic E-state index is 13.8. The van der Waals surface area contributed by atoms with Crippen LogP contribution >= 0.6 is 0 Å². The second kappa shape index (κ2) is 7.38. The van der Waals surface area contributed by atoms with Crippen LogP contribution in [0.25, 0.3) is 11.0 Å². The minimum Gasteiger partial charge on any atom is -0.497 e. The van der Waals surface area contributed by atoms with Gasteiger partial charge in [0.2, 0.25) is 11.6 Å². The molecule has 2 saturated heterocycles. The molecule has 3 aliphatic heterocycles. The summed E-state index contributed by atoms with van der Waals surface area (Å²) in [5.41, 5.74) is 1.03. The fourth-order valence-corrected chi connectivity index (χ4v) is 5.54. The van der Waals surface area contributed by atoms with Crippen molar-refractivity contribution in [3.63, 3.8) is 0 Å². The summed E-state index contributed by atoms with van der Waals surface area (Å²) in [6.07, 6.45) is 1.05. The van der Waals surface area contributed by atoms with E-state index in [1.165, 1.54) is 12.1 Å². The SMILES string of the molecule is COc1ccc(CN2C(c3cc4cc(F)ccc4o3)=NOC23CN2CC3CC2C)c(OC)c1. The number of piperidine rings is 1. The van der Waals surface area contributed by atoms with Crippen molar-refractivity contribution < 1.29 is 23.1 Å². The zero-order valence-electron chi connectivity index (χ0n) is 18.9. The van der Waals surface area contributed by atoms with Crippen LogP contribution in [0.1, 0.15) is 24.7 Å². The number of fused-ring (bicyclic) bond motifs is 4. The standard InChI is InChI=1S/C25H26FN3O4/c1-15-8-18-13-28(15)14-25(18)29(12-16-4-6-20(30-2)11-22(16)31-3)24(27-33-25)23-10-17-9-19(26)5-7-21(17)32-23/h4-7,9-11,15,18H,8,12-14H2,1-3H3. The normalized spacial score (nSPS) is 27.9. The number of hydrogen-bond acceptors (Lipinski definition) is 7. The minimum atomic E-state index is -0.572. The predicted octanol–water partition coefficient (Wildman–Crippen LogP) is 4.20. The highest BCUT2D eigenvalue weighted by atomic mass is 19.1. The molecular weight excluding hydrogens is 425 g/mol. The second-order valence-corrected chi connectivity index (χ2v) is 9.12. The average Bonchev–Trinajstić information content (AvgIpc) is 3.57. The lowest BCUT2D eigenvalue weighted by atomic mass is 9.90. The van der Waals surface area contributed by atoms with Crippen molar-refractivity contribution in [1.82, 2.24) is 9.80 Å². The van der Waals surface area contributed by atoms with Gasteiger partial charge in [-0.25, -0.2) is 4.39 Å². The molecule has 3 aromatic rings. The Kier molecular flexibility index (Phi) is 4.55. The summed E-state index contributed by atoms with van der Waals surface area (Å²) in [6.45, 7) is 4.52. The average molecular weight is 451 g/mol. The third-order valence-corrected chi connectivity index (χ3v) is 7.30. The molecule has 172 valence electrons. The minimum absolute atomic E-state index is 0.300. The highest BCUT2D eigenvalue weighted by Gasteiger charge is 2.62. The number of nitrogens with zero attached hydrogens (tertiary/aromatic N) is 3. The summed E-state index contributed by atoms with van der Waals surface area (Å²) in [6, 6.07) is 12.7. The quantitative estimate of drug-likeness (QED) is 0.580. The molecule has 0 radical (unpaired) electrons. The van der Waals surface area contributed by atoms with Gasteiger partial charge in [0, 0.05) is 35.5 Å². The fourth-order valence-electron chi connectivity index (χ4n) is 5.54. The Hall–Kier alpha value is -3.26. The molecule has 1 aromatic heterocycles. The molecule has 2 bridgehead atoms. The first-order valence-corrected chi connectivity index (χ1v) is 11.2. The van der Waals surface area contributed by atoms with Gasteiger partial charge in [0.15, 0.2) is 5.76 Å². The van der Waals surface area contributed by atoms with Crippen molar-refractivity contribution in [2.24, 2.45) is 11.1 Å².